The standard InChI is InChI=1S/C14H16ClFN4/c1-9-7-10-12(11(16)8-9)17-14(15)18-13(10)20-5-3-19(2)4-6-20/h7-8H,3-6H2,1-2H3. The summed E-state index contributed by atoms with van der Waals surface area (Å²) in [4.78, 5) is 12.8. The van der Waals surface area contributed by atoms with Gasteiger partial charge in [0.1, 0.15) is 17.2 Å². The van der Waals surface area contributed by atoms with Crippen molar-refractivity contribution >= 4 is 28.3 Å². The van der Waals surface area contributed by atoms with Crippen LogP contribution in [-0.2, 0) is 0 Å². The number of aromatic nitrogens is 2. The number of hydrogen-bond donors (Lipinski definition) is 0. The Morgan fingerprint density at radius 1 is 1.15 bits per heavy atom. The van der Waals surface area contributed by atoms with Gasteiger partial charge in [-0.3, -0.25) is 0 Å². The van der Waals surface area contributed by atoms with E-state index in [1.807, 2.05) is 13.0 Å². The molecule has 0 bridgehead atoms. The average Bonchev–Trinajstić information content (AvgIpc) is 2.40. The maximum atomic E-state index is 14.1. The molecule has 4 nitrogen and oxygen atoms in total. The molecule has 1 aromatic heterocycles. The number of aryl methyl sites for hydroxylation is 1. The largest absolute Gasteiger partial charge is 0.353 e. The first-order valence-corrected chi connectivity index (χ1v) is 6.99. The lowest BCUT2D eigenvalue weighted by Gasteiger charge is -2.33. The van der Waals surface area contributed by atoms with Crippen molar-refractivity contribution in [2.24, 2.45) is 0 Å². The Kier molecular flexibility index (Phi) is 3.48. The van der Waals surface area contributed by atoms with Crippen LogP contribution in [0.25, 0.3) is 10.9 Å². The first kappa shape index (κ1) is 13.5. The number of nitrogens with zero attached hydrogens (tertiary/aromatic N) is 4. The predicted molar refractivity (Wildman–Crippen MR) is 79.0 cm³/mol. The van der Waals surface area contributed by atoms with Crippen molar-refractivity contribution in [3.63, 3.8) is 0 Å². The summed E-state index contributed by atoms with van der Waals surface area (Å²) in [5.41, 5.74) is 1.15. The molecule has 106 valence electrons. The first-order chi connectivity index (χ1) is 9.54. The molecule has 0 spiro atoms. The number of rotatable bonds is 1. The molecule has 0 unspecified atom stereocenters. The zero-order valence-electron chi connectivity index (χ0n) is 11.5. The number of fused-ring (bicyclic) bond motifs is 1. The van der Waals surface area contributed by atoms with Gasteiger partial charge in [-0.2, -0.15) is 4.98 Å². The zero-order valence-corrected chi connectivity index (χ0v) is 12.3. The van der Waals surface area contributed by atoms with Gasteiger partial charge in [-0.1, -0.05) is 0 Å². The second-order valence-corrected chi connectivity index (χ2v) is 5.59. The fourth-order valence-corrected chi connectivity index (χ4v) is 2.71. The van der Waals surface area contributed by atoms with Gasteiger partial charge in [-0.05, 0) is 43.3 Å². The van der Waals surface area contributed by atoms with Gasteiger partial charge in [-0.15, -0.1) is 0 Å². The van der Waals surface area contributed by atoms with E-state index in [0.717, 1.165) is 42.9 Å². The highest BCUT2D eigenvalue weighted by atomic mass is 35.5. The Balaban J connectivity index is 2.14. The van der Waals surface area contributed by atoms with E-state index in [0.29, 0.717) is 5.52 Å². The van der Waals surface area contributed by atoms with Crippen LogP contribution in [0.2, 0.25) is 5.28 Å². The molecular formula is C14H16ClFN4. The molecule has 20 heavy (non-hydrogen) atoms. The number of hydrogen-bond acceptors (Lipinski definition) is 4. The SMILES string of the molecule is Cc1cc(F)c2nc(Cl)nc(N3CCN(C)CC3)c2c1. The lowest BCUT2D eigenvalue weighted by atomic mass is 10.1. The van der Waals surface area contributed by atoms with Gasteiger partial charge in [0.2, 0.25) is 5.28 Å². The van der Waals surface area contributed by atoms with Crippen molar-refractivity contribution < 1.29 is 4.39 Å². The van der Waals surface area contributed by atoms with Crippen LogP contribution in [0, 0.1) is 12.7 Å². The third kappa shape index (κ3) is 2.43. The minimum atomic E-state index is -0.348. The molecule has 2 heterocycles. The van der Waals surface area contributed by atoms with Gasteiger partial charge in [0, 0.05) is 31.6 Å². The van der Waals surface area contributed by atoms with Crippen molar-refractivity contribution in [1.82, 2.24) is 14.9 Å². The maximum absolute atomic E-state index is 14.1. The van der Waals surface area contributed by atoms with Crippen LogP contribution in [-0.4, -0.2) is 48.1 Å². The van der Waals surface area contributed by atoms with Crippen molar-refractivity contribution in [2.45, 2.75) is 6.92 Å². The van der Waals surface area contributed by atoms with Crippen molar-refractivity contribution in [3.05, 3.63) is 28.8 Å². The summed E-state index contributed by atoms with van der Waals surface area (Å²) in [5.74, 6) is 0.385. The maximum Gasteiger partial charge on any atom is 0.225 e. The van der Waals surface area contributed by atoms with E-state index in [2.05, 4.69) is 26.8 Å². The number of benzene rings is 1. The Morgan fingerprint density at radius 3 is 2.55 bits per heavy atom. The molecule has 1 fully saturated rings. The lowest BCUT2D eigenvalue weighted by molar-refractivity contribution is 0.312. The van der Waals surface area contributed by atoms with E-state index < -0.39 is 0 Å². The van der Waals surface area contributed by atoms with Gasteiger partial charge in [0.05, 0.1) is 0 Å². The Labute approximate surface area is 122 Å². The number of halogens is 2. The summed E-state index contributed by atoms with van der Waals surface area (Å²) in [6.07, 6.45) is 0. The Morgan fingerprint density at radius 2 is 1.85 bits per heavy atom. The summed E-state index contributed by atoms with van der Waals surface area (Å²) in [6, 6.07) is 3.39. The fraction of sp³-hybridized carbons (Fsp3) is 0.429. The molecule has 0 saturated carbocycles. The topological polar surface area (TPSA) is 32.3 Å². The van der Waals surface area contributed by atoms with E-state index >= 15 is 0 Å². The molecule has 1 aliphatic rings. The lowest BCUT2D eigenvalue weighted by Crippen LogP contribution is -2.45. The molecule has 1 aromatic carbocycles. The molecule has 6 heteroatoms. The van der Waals surface area contributed by atoms with E-state index in [9.17, 15) is 4.39 Å². The van der Waals surface area contributed by atoms with Crippen LogP contribution in [0.4, 0.5) is 10.2 Å². The van der Waals surface area contributed by atoms with Crippen LogP contribution in [0.1, 0.15) is 5.56 Å². The average molecular weight is 295 g/mol. The summed E-state index contributed by atoms with van der Waals surface area (Å²) in [7, 11) is 2.09. The molecule has 0 amide bonds. The molecule has 0 atom stereocenters. The predicted octanol–water partition coefficient (Wildman–Crippen LogP) is 2.48. The van der Waals surface area contributed by atoms with Crippen LogP contribution in [0.5, 0.6) is 0 Å². The summed E-state index contributed by atoms with van der Waals surface area (Å²) < 4.78 is 14.1. The molecule has 0 N–H and O–H groups in total. The number of piperazine rings is 1. The molecule has 3 rings (SSSR count). The summed E-state index contributed by atoms with van der Waals surface area (Å²) in [5, 5.41) is 0.825. The van der Waals surface area contributed by atoms with E-state index in [1.165, 1.54) is 6.07 Å². The molecule has 1 saturated heterocycles. The van der Waals surface area contributed by atoms with E-state index in [4.69, 9.17) is 11.6 Å². The smallest absolute Gasteiger partial charge is 0.225 e. The Hall–Kier alpha value is -1.46. The molecule has 0 aliphatic carbocycles. The van der Waals surface area contributed by atoms with Gasteiger partial charge >= 0.3 is 0 Å². The highest BCUT2D eigenvalue weighted by Gasteiger charge is 2.20. The van der Waals surface area contributed by atoms with Crippen molar-refractivity contribution in [2.75, 3.05) is 38.1 Å². The monoisotopic (exact) mass is 294 g/mol. The van der Waals surface area contributed by atoms with Crippen LogP contribution >= 0.6 is 11.6 Å². The molecule has 1 aliphatic heterocycles. The zero-order chi connectivity index (χ0) is 14.3. The second kappa shape index (κ2) is 5.14. The van der Waals surface area contributed by atoms with Gasteiger partial charge < -0.3 is 9.80 Å². The van der Waals surface area contributed by atoms with Crippen molar-refractivity contribution in [1.29, 1.82) is 0 Å². The number of likely N-dealkylation sites (N-methyl/N-ethyl adjacent to an activating group) is 1. The van der Waals surface area contributed by atoms with E-state index in [1.54, 1.807) is 0 Å². The second-order valence-electron chi connectivity index (χ2n) is 5.25. The summed E-state index contributed by atoms with van der Waals surface area (Å²) >= 11 is 5.96. The Bertz CT molecular complexity index is 653. The molecule has 2 aromatic rings. The highest BCUT2D eigenvalue weighted by Crippen LogP contribution is 2.28. The third-order valence-corrected chi connectivity index (χ3v) is 3.82. The van der Waals surface area contributed by atoms with Crippen LogP contribution < -0.4 is 4.90 Å². The fourth-order valence-electron chi connectivity index (χ4n) is 2.54. The third-order valence-electron chi connectivity index (χ3n) is 3.65. The first-order valence-electron chi connectivity index (χ1n) is 6.61. The normalized spacial score (nSPS) is 16.9. The highest BCUT2D eigenvalue weighted by molar-refractivity contribution is 6.28. The van der Waals surface area contributed by atoms with Crippen LogP contribution in [0.15, 0.2) is 12.1 Å². The van der Waals surface area contributed by atoms with Crippen molar-refractivity contribution in [3.8, 4) is 0 Å². The summed E-state index contributed by atoms with van der Waals surface area (Å²) in [6.45, 7) is 5.49. The van der Waals surface area contributed by atoms with Gasteiger partial charge in [-0.25, -0.2) is 9.37 Å². The molecule has 0 radical (unpaired) electrons. The van der Waals surface area contributed by atoms with Crippen LogP contribution in [0.3, 0.4) is 0 Å². The minimum absolute atomic E-state index is 0.0918. The number of anilines is 1. The minimum Gasteiger partial charge on any atom is -0.353 e. The van der Waals surface area contributed by atoms with E-state index in [-0.39, 0.29) is 11.1 Å². The van der Waals surface area contributed by atoms with Gasteiger partial charge in [0.15, 0.2) is 0 Å². The molecular weight excluding hydrogens is 279 g/mol. The van der Waals surface area contributed by atoms with Gasteiger partial charge in [0.25, 0.3) is 0 Å². The quantitative estimate of drug-likeness (QED) is 0.757.